The van der Waals surface area contributed by atoms with Gasteiger partial charge in [0.1, 0.15) is 5.15 Å². The van der Waals surface area contributed by atoms with Crippen LogP contribution in [0.1, 0.15) is 0 Å². The van der Waals surface area contributed by atoms with Gasteiger partial charge in [-0.25, -0.2) is 0 Å². The molecule has 19 heavy (non-hydrogen) atoms. The fraction of sp³-hybridized carbons (Fsp3) is 0. The van der Waals surface area contributed by atoms with E-state index in [1.807, 2.05) is 30.3 Å². The maximum atomic E-state index is 6.35. The standard InChI is InChI=1S/C16H11ClN2/c17-16-15(11-6-2-4-8-13(11)19-16)14-9-10-5-1-3-7-12(10)18-14/h1-9,18-19H. The van der Waals surface area contributed by atoms with E-state index in [0.717, 1.165) is 27.7 Å². The molecule has 2 nitrogen and oxygen atoms in total. The summed E-state index contributed by atoms with van der Waals surface area (Å²) in [5.41, 5.74) is 4.26. The highest BCUT2D eigenvalue weighted by atomic mass is 35.5. The Hall–Kier alpha value is -2.19. The molecule has 0 bridgehead atoms. The predicted octanol–water partition coefficient (Wildman–Crippen LogP) is 4.97. The molecule has 2 aromatic carbocycles. The summed E-state index contributed by atoms with van der Waals surface area (Å²) in [6.45, 7) is 0. The summed E-state index contributed by atoms with van der Waals surface area (Å²) in [6, 6.07) is 18.5. The highest BCUT2D eigenvalue weighted by Crippen LogP contribution is 2.36. The Balaban J connectivity index is 2.06. The predicted molar refractivity (Wildman–Crippen MR) is 80.6 cm³/mol. The summed E-state index contributed by atoms with van der Waals surface area (Å²) in [4.78, 5) is 6.64. The molecule has 92 valence electrons. The van der Waals surface area contributed by atoms with Gasteiger partial charge in [-0.15, -0.1) is 0 Å². The lowest BCUT2D eigenvalue weighted by atomic mass is 10.1. The third-order valence-corrected chi connectivity index (χ3v) is 3.74. The van der Waals surface area contributed by atoms with Crippen LogP contribution in [-0.4, -0.2) is 9.97 Å². The Morgan fingerprint density at radius 3 is 2.37 bits per heavy atom. The molecule has 0 spiro atoms. The second kappa shape index (κ2) is 3.90. The number of para-hydroxylation sites is 2. The highest BCUT2D eigenvalue weighted by molar-refractivity contribution is 6.34. The molecule has 0 saturated carbocycles. The van der Waals surface area contributed by atoms with E-state index < -0.39 is 0 Å². The zero-order chi connectivity index (χ0) is 12.8. The van der Waals surface area contributed by atoms with Crippen LogP contribution in [0.2, 0.25) is 5.15 Å². The maximum Gasteiger partial charge on any atom is 0.116 e. The lowest BCUT2D eigenvalue weighted by molar-refractivity contribution is 1.43. The average molecular weight is 267 g/mol. The van der Waals surface area contributed by atoms with Gasteiger partial charge in [0, 0.05) is 27.4 Å². The molecule has 0 aliphatic heterocycles. The van der Waals surface area contributed by atoms with Gasteiger partial charge >= 0.3 is 0 Å². The molecule has 0 amide bonds. The number of nitrogens with one attached hydrogen (secondary N) is 2. The number of fused-ring (bicyclic) bond motifs is 2. The van der Waals surface area contributed by atoms with Gasteiger partial charge in [0.15, 0.2) is 0 Å². The number of rotatable bonds is 1. The van der Waals surface area contributed by atoms with E-state index in [0.29, 0.717) is 5.15 Å². The molecule has 0 unspecified atom stereocenters. The van der Waals surface area contributed by atoms with Crippen molar-refractivity contribution < 1.29 is 0 Å². The molecule has 4 rings (SSSR count). The summed E-state index contributed by atoms with van der Waals surface area (Å²) in [5.74, 6) is 0. The van der Waals surface area contributed by atoms with Crippen molar-refractivity contribution >= 4 is 33.4 Å². The van der Waals surface area contributed by atoms with Gasteiger partial charge in [-0.05, 0) is 18.2 Å². The molecule has 0 fully saturated rings. The lowest BCUT2D eigenvalue weighted by Crippen LogP contribution is -1.75. The topological polar surface area (TPSA) is 31.6 Å². The van der Waals surface area contributed by atoms with Crippen molar-refractivity contribution in [1.82, 2.24) is 9.97 Å². The van der Waals surface area contributed by atoms with Crippen molar-refractivity contribution in [1.29, 1.82) is 0 Å². The van der Waals surface area contributed by atoms with Crippen LogP contribution in [0.4, 0.5) is 0 Å². The molecule has 0 radical (unpaired) electrons. The number of aromatic nitrogens is 2. The molecular weight excluding hydrogens is 256 g/mol. The quantitative estimate of drug-likeness (QED) is 0.487. The van der Waals surface area contributed by atoms with Gasteiger partial charge in [-0.3, -0.25) is 0 Å². The third-order valence-electron chi connectivity index (χ3n) is 3.46. The monoisotopic (exact) mass is 266 g/mol. The van der Waals surface area contributed by atoms with Crippen LogP contribution in [0, 0.1) is 0 Å². The first-order chi connectivity index (χ1) is 9.33. The zero-order valence-corrected chi connectivity index (χ0v) is 10.8. The molecule has 3 heteroatoms. The minimum absolute atomic E-state index is 0.674. The van der Waals surface area contributed by atoms with Gasteiger partial charge in [0.05, 0.1) is 5.69 Å². The number of halogens is 1. The summed E-state index contributed by atoms with van der Waals surface area (Å²) in [6.07, 6.45) is 0. The highest BCUT2D eigenvalue weighted by Gasteiger charge is 2.13. The normalized spacial score (nSPS) is 11.4. The number of hydrogen-bond donors (Lipinski definition) is 2. The number of H-pyrrole nitrogens is 2. The minimum Gasteiger partial charge on any atom is -0.354 e. The third kappa shape index (κ3) is 1.57. The van der Waals surface area contributed by atoms with E-state index in [2.05, 4.69) is 34.2 Å². The first-order valence-electron chi connectivity index (χ1n) is 6.17. The van der Waals surface area contributed by atoms with Gasteiger partial charge in [-0.2, -0.15) is 0 Å². The Labute approximate surface area is 115 Å². The first-order valence-corrected chi connectivity index (χ1v) is 6.55. The van der Waals surface area contributed by atoms with Gasteiger partial charge in [-0.1, -0.05) is 48.0 Å². The van der Waals surface area contributed by atoms with Gasteiger partial charge in [0.2, 0.25) is 0 Å². The van der Waals surface area contributed by atoms with Crippen molar-refractivity contribution in [2.45, 2.75) is 0 Å². The van der Waals surface area contributed by atoms with Crippen LogP contribution >= 0.6 is 11.6 Å². The largest absolute Gasteiger partial charge is 0.354 e. The van der Waals surface area contributed by atoms with Crippen molar-refractivity contribution in [2.24, 2.45) is 0 Å². The molecular formula is C16H11ClN2. The molecule has 4 aromatic rings. The minimum atomic E-state index is 0.674. The molecule has 2 N–H and O–H groups in total. The molecule has 2 heterocycles. The van der Waals surface area contributed by atoms with Crippen molar-refractivity contribution in [3.05, 3.63) is 59.8 Å². The van der Waals surface area contributed by atoms with Gasteiger partial charge < -0.3 is 9.97 Å². The van der Waals surface area contributed by atoms with Crippen LogP contribution in [0.3, 0.4) is 0 Å². The Bertz CT molecular complexity index is 853. The Morgan fingerprint density at radius 1 is 0.789 bits per heavy atom. The van der Waals surface area contributed by atoms with Crippen LogP contribution < -0.4 is 0 Å². The number of aromatic amines is 2. The van der Waals surface area contributed by atoms with E-state index in [4.69, 9.17) is 11.6 Å². The summed E-state index contributed by atoms with van der Waals surface area (Å²) in [7, 11) is 0. The lowest BCUT2D eigenvalue weighted by Gasteiger charge is -1.96. The van der Waals surface area contributed by atoms with Crippen molar-refractivity contribution in [2.75, 3.05) is 0 Å². The van der Waals surface area contributed by atoms with E-state index >= 15 is 0 Å². The number of hydrogen-bond acceptors (Lipinski definition) is 0. The van der Waals surface area contributed by atoms with Crippen molar-refractivity contribution in [3.8, 4) is 11.3 Å². The Kier molecular flexibility index (Phi) is 2.20. The van der Waals surface area contributed by atoms with Gasteiger partial charge in [0.25, 0.3) is 0 Å². The Morgan fingerprint density at radius 2 is 1.53 bits per heavy atom. The fourth-order valence-corrected chi connectivity index (χ4v) is 2.89. The SMILES string of the molecule is Clc1[nH]c2ccccc2c1-c1cc2ccccc2[nH]1. The second-order valence-corrected chi connectivity index (χ2v) is 5.01. The van der Waals surface area contributed by atoms with E-state index in [1.54, 1.807) is 0 Å². The number of benzene rings is 2. The molecule has 0 aliphatic carbocycles. The van der Waals surface area contributed by atoms with E-state index in [-0.39, 0.29) is 0 Å². The van der Waals surface area contributed by atoms with E-state index in [1.165, 1.54) is 5.39 Å². The molecule has 2 aromatic heterocycles. The van der Waals surface area contributed by atoms with Crippen LogP contribution in [0.25, 0.3) is 33.1 Å². The summed E-state index contributed by atoms with van der Waals surface area (Å²) < 4.78 is 0. The summed E-state index contributed by atoms with van der Waals surface area (Å²) in [5, 5.41) is 3.01. The maximum absolute atomic E-state index is 6.35. The molecule has 0 atom stereocenters. The van der Waals surface area contributed by atoms with Crippen LogP contribution in [0.15, 0.2) is 54.6 Å². The summed E-state index contributed by atoms with van der Waals surface area (Å²) >= 11 is 6.35. The van der Waals surface area contributed by atoms with Crippen LogP contribution in [0.5, 0.6) is 0 Å². The molecule has 0 aliphatic rings. The van der Waals surface area contributed by atoms with Crippen LogP contribution in [-0.2, 0) is 0 Å². The average Bonchev–Trinajstić information content (AvgIpc) is 2.97. The fourth-order valence-electron chi connectivity index (χ4n) is 2.58. The second-order valence-electron chi connectivity index (χ2n) is 4.63. The van der Waals surface area contributed by atoms with Crippen molar-refractivity contribution in [3.63, 3.8) is 0 Å². The first kappa shape index (κ1) is 10.7. The molecule has 0 saturated heterocycles. The van der Waals surface area contributed by atoms with E-state index in [9.17, 15) is 0 Å². The smallest absolute Gasteiger partial charge is 0.116 e. The zero-order valence-electron chi connectivity index (χ0n) is 10.1.